The largest absolute Gasteiger partial charge is 0.486 e. The van der Waals surface area contributed by atoms with Gasteiger partial charge < -0.3 is 9.96 Å². The molecule has 1 aromatic rings. The molecule has 0 aliphatic carbocycles. The average molecular weight is 205 g/mol. The van der Waals surface area contributed by atoms with Crippen molar-refractivity contribution in [3.8, 4) is 5.75 Å². The van der Waals surface area contributed by atoms with Gasteiger partial charge in [-0.25, -0.2) is 0 Å². The minimum Gasteiger partial charge on any atom is -0.486 e. The van der Waals surface area contributed by atoms with Gasteiger partial charge in [0, 0.05) is 5.54 Å². The summed E-state index contributed by atoms with van der Waals surface area (Å²) in [5.74, 6) is 0.908. The average Bonchev–Trinajstić information content (AvgIpc) is 2.18. The Hall–Kier alpha value is -0.955. The molecule has 0 aromatic heterocycles. The molecule has 1 N–H and O–H groups in total. The van der Waals surface area contributed by atoms with Crippen LogP contribution in [-0.4, -0.2) is 19.1 Å². The minimum atomic E-state index is -0.261. The Morgan fingerprint density at radius 2 is 1.60 bits per heavy atom. The van der Waals surface area contributed by atoms with Crippen LogP contribution in [0.15, 0.2) is 30.3 Å². The standard InChI is InChI=1S/C12H20BNO/c1-11(2,14-13)12(3,4)15-10-8-6-5-7-9-10/h5-9,14H,13H2,1-4H3. The lowest BCUT2D eigenvalue weighted by Crippen LogP contribution is -2.58. The van der Waals surface area contributed by atoms with Crippen molar-refractivity contribution in [2.24, 2.45) is 0 Å². The predicted octanol–water partition coefficient (Wildman–Crippen LogP) is 1.76. The second kappa shape index (κ2) is 4.27. The monoisotopic (exact) mass is 205 g/mol. The van der Waals surface area contributed by atoms with E-state index in [1.807, 2.05) is 38.3 Å². The molecule has 0 bridgehead atoms. The van der Waals surface area contributed by atoms with E-state index in [2.05, 4.69) is 32.9 Å². The zero-order valence-electron chi connectivity index (χ0n) is 10.3. The van der Waals surface area contributed by atoms with Gasteiger partial charge in [0.1, 0.15) is 11.4 Å². The zero-order valence-corrected chi connectivity index (χ0v) is 10.3. The van der Waals surface area contributed by atoms with Crippen LogP contribution in [-0.2, 0) is 0 Å². The number of rotatable bonds is 4. The first-order chi connectivity index (χ1) is 6.89. The molecule has 0 fully saturated rings. The Bertz CT molecular complexity index is 309. The summed E-state index contributed by atoms with van der Waals surface area (Å²) in [5, 5.41) is 3.28. The molecule has 0 aliphatic heterocycles. The fourth-order valence-corrected chi connectivity index (χ4v) is 1.21. The van der Waals surface area contributed by atoms with E-state index in [-0.39, 0.29) is 11.1 Å². The lowest BCUT2D eigenvalue weighted by atomic mass is 9.84. The summed E-state index contributed by atoms with van der Waals surface area (Å²) in [5.41, 5.74) is -0.341. The lowest BCUT2D eigenvalue weighted by molar-refractivity contribution is 0.0321. The highest BCUT2D eigenvalue weighted by Crippen LogP contribution is 2.27. The summed E-state index contributed by atoms with van der Waals surface area (Å²) < 4.78 is 6.00. The molecule has 0 amide bonds. The molecule has 1 rings (SSSR count). The molecule has 82 valence electrons. The van der Waals surface area contributed by atoms with E-state index in [0.29, 0.717) is 0 Å². The number of para-hydroxylation sites is 1. The molecule has 0 unspecified atom stereocenters. The quantitative estimate of drug-likeness (QED) is 0.756. The normalized spacial score (nSPS) is 12.5. The van der Waals surface area contributed by atoms with Crippen molar-refractivity contribution in [3.05, 3.63) is 30.3 Å². The fraction of sp³-hybridized carbons (Fsp3) is 0.500. The number of ether oxygens (including phenoxy) is 1. The first-order valence-corrected chi connectivity index (χ1v) is 5.32. The number of benzene rings is 1. The molecule has 3 heteroatoms. The fourth-order valence-electron chi connectivity index (χ4n) is 1.21. The molecular weight excluding hydrogens is 185 g/mol. The van der Waals surface area contributed by atoms with Gasteiger partial charge in [0.05, 0.1) is 0 Å². The van der Waals surface area contributed by atoms with Gasteiger partial charge >= 0.3 is 0 Å². The van der Waals surface area contributed by atoms with Crippen LogP contribution < -0.4 is 9.96 Å². The Kier molecular flexibility index (Phi) is 3.45. The Morgan fingerprint density at radius 1 is 1.07 bits per heavy atom. The maximum atomic E-state index is 6.00. The maximum absolute atomic E-state index is 6.00. The van der Waals surface area contributed by atoms with Gasteiger partial charge in [0.15, 0.2) is 7.98 Å². The van der Waals surface area contributed by atoms with Crippen molar-refractivity contribution in [3.63, 3.8) is 0 Å². The van der Waals surface area contributed by atoms with Crippen LogP contribution >= 0.6 is 0 Å². The van der Waals surface area contributed by atoms with E-state index in [4.69, 9.17) is 4.74 Å². The SMILES string of the molecule is BNC(C)(C)C(C)(C)Oc1ccccc1. The lowest BCUT2D eigenvalue weighted by Gasteiger charge is -2.41. The van der Waals surface area contributed by atoms with Gasteiger partial charge in [-0.05, 0) is 39.8 Å². The second-order valence-electron chi connectivity index (χ2n) is 4.80. The van der Waals surface area contributed by atoms with Gasteiger partial charge in [-0.1, -0.05) is 18.2 Å². The number of hydrogen-bond donors (Lipinski definition) is 1. The molecule has 1 aromatic carbocycles. The van der Waals surface area contributed by atoms with Crippen molar-refractivity contribution in [1.29, 1.82) is 0 Å². The number of nitrogens with one attached hydrogen (secondary N) is 1. The van der Waals surface area contributed by atoms with Crippen LogP contribution in [0.2, 0.25) is 0 Å². The Labute approximate surface area is 93.5 Å². The molecule has 0 radical (unpaired) electrons. The highest BCUT2D eigenvalue weighted by atomic mass is 16.5. The summed E-state index contributed by atoms with van der Waals surface area (Å²) in [4.78, 5) is 0. The van der Waals surface area contributed by atoms with Crippen molar-refractivity contribution in [2.75, 3.05) is 0 Å². The number of hydrogen-bond acceptors (Lipinski definition) is 2. The third kappa shape index (κ3) is 2.75. The van der Waals surface area contributed by atoms with Gasteiger partial charge in [0.25, 0.3) is 0 Å². The highest BCUT2D eigenvalue weighted by molar-refractivity contribution is 6.04. The Balaban J connectivity index is 2.81. The molecule has 0 spiro atoms. The molecule has 0 atom stereocenters. The van der Waals surface area contributed by atoms with Crippen LogP contribution in [0, 0.1) is 0 Å². The van der Waals surface area contributed by atoms with Crippen molar-refractivity contribution in [1.82, 2.24) is 5.23 Å². The molecule has 0 saturated heterocycles. The van der Waals surface area contributed by atoms with Gasteiger partial charge in [-0.15, -0.1) is 0 Å². The van der Waals surface area contributed by atoms with Crippen LogP contribution in [0.25, 0.3) is 0 Å². The summed E-state index contributed by atoms with van der Waals surface area (Å²) in [6.45, 7) is 8.46. The van der Waals surface area contributed by atoms with E-state index in [0.717, 1.165) is 5.75 Å². The third-order valence-corrected chi connectivity index (χ3v) is 3.25. The predicted molar refractivity (Wildman–Crippen MR) is 66.9 cm³/mol. The van der Waals surface area contributed by atoms with Gasteiger partial charge in [0.2, 0.25) is 0 Å². The van der Waals surface area contributed by atoms with E-state index in [1.165, 1.54) is 0 Å². The smallest absolute Gasteiger partial charge is 0.182 e. The van der Waals surface area contributed by atoms with Crippen molar-refractivity contribution < 1.29 is 4.74 Å². The first kappa shape index (κ1) is 12.1. The summed E-state index contributed by atoms with van der Waals surface area (Å²) in [6, 6.07) is 9.92. The maximum Gasteiger partial charge on any atom is 0.182 e. The van der Waals surface area contributed by atoms with Gasteiger partial charge in [-0.3, -0.25) is 0 Å². The molecule has 15 heavy (non-hydrogen) atoms. The third-order valence-electron chi connectivity index (χ3n) is 3.25. The molecule has 0 aliphatic rings. The van der Waals surface area contributed by atoms with Crippen LogP contribution in [0.4, 0.5) is 0 Å². The first-order valence-electron chi connectivity index (χ1n) is 5.32. The topological polar surface area (TPSA) is 21.3 Å². The van der Waals surface area contributed by atoms with Crippen molar-refractivity contribution >= 4 is 7.98 Å². The molecule has 2 nitrogen and oxygen atoms in total. The highest BCUT2D eigenvalue weighted by Gasteiger charge is 2.37. The van der Waals surface area contributed by atoms with Crippen molar-refractivity contribution in [2.45, 2.75) is 38.8 Å². The summed E-state index contributed by atoms with van der Waals surface area (Å²) in [6.07, 6.45) is 0. The Morgan fingerprint density at radius 3 is 2.07 bits per heavy atom. The zero-order chi connectivity index (χ0) is 11.5. The van der Waals surface area contributed by atoms with Crippen LogP contribution in [0.5, 0.6) is 5.75 Å². The molecule has 0 saturated carbocycles. The van der Waals surface area contributed by atoms with Crippen LogP contribution in [0.3, 0.4) is 0 Å². The summed E-state index contributed by atoms with van der Waals surface area (Å²) >= 11 is 0. The van der Waals surface area contributed by atoms with E-state index < -0.39 is 0 Å². The van der Waals surface area contributed by atoms with E-state index >= 15 is 0 Å². The molecule has 0 heterocycles. The molecular formula is C12H20BNO. The van der Waals surface area contributed by atoms with Gasteiger partial charge in [-0.2, -0.15) is 0 Å². The van der Waals surface area contributed by atoms with Crippen LogP contribution in [0.1, 0.15) is 27.7 Å². The minimum absolute atomic E-state index is 0.0805. The van der Waals surface area contributed by atoms with E-state index in [9.17, 15) is 0 Å². The second-order valence-corrected chi connectivity index (χ2v) is 4.80. The summed E-state index contributed by atoms with van der Waals surface area (Å²) in [7, 11) is 1.95. The van der Waals surface area contributed by atoms with E-state index in [1.54, 1.807) is 0 Å².